The molecule has 34 heavy (non-hydrogen) atoms. The van der Waals surface area contributed by atoms with E-state index < -0.39 is 0 Å². The normalized spacial score (nSPS) is 14.4. The van der Waals surface area contributed by atoms with Crippen molar-refractivity contribution in [3.63, 3.8) is 0 Å². The van der Waals surface area contributed by atoms with Crippen LogP contribution in [0.2, 0.25) is 0 Å². The Balaban J connectivity index is 1.26. The molecular weight excluding hydrogens is 440 g/mol. The Morgan fingerprint density at radius 3 is 2.56 bits per heavy atom. The molecular formula is C28H30N4OS. The van der Waals surface area contributed by atoms with E-state index in [9.17, 15) is 4.79 Å². The lowest BCUT2D eigenvalue weighted by Gasteiger charge is -2.26. The molecule has 3 aromatic carbocycles. The number of hydrogen-bond acceptors (Lipinski definition) is 4. The van der Waals surface area contributed by atoms with Crippen molar-refractivity contribution >= 4 is 34.4 Å². The second-order valence-corrected chi connectivity index (χ2v) is 10.00. The number of anilines is 1. The Kier molecular flexibility index (Phi) is 6.97. The summed E-state index contributed by atoms with van der Waals surface area (Å²) in [5.74, 6) is 3.33. The summed E-state index contributed by atoms with van der Waals surface area (Å²) in [6.07, 6.45) is 0.947. The molecule has 4 aromatic rings. The lowest BCUT2D eigenvalue weighted by molar-refractivity contribution is -0.116. The highest BCUT2D eigenvalue weighted by molar-refractivity contribution is 7.99. The summed E-state index contributed by atoms with van der Waals surface area (Å²) in [4.78, 5) is 20.2. The number of benzene rings is 3. The first-order valence-electron chi connectivity index (χ1n) is 11.9. The Labute approximate surface area is 205 Å². The van der Waals surface area contributed by atoms with Crippen LogP contribution in [-0.2, 0) is 17.8 Å². The van der Waals surface area contributed by atoms with Crippen LogP contribution in [0.4, 0.5) is 5.69 Å². The highest BCUT2D eigenvalue weighted by Gasteiger charge is 2.15. The first kappa shape index (κ1) is 22.7. The van der Waals surface area contributed by atoms with E-state index in [1.807, 2.05) is 54.2 Å². The number of nitrogens with zero attached hydrogens (tertiary/aromatic N) is 3. The Hall–Kier alpha value is -3.09. The van der Waals surface area contributed by atoms with Gasteiger partial charge in [0.1, 0.15) is 5.82 Å². The lowest BCUT2D eigenvalue weighted by Crippen LogP contribution is -2.31. The number of rotatable bonds is 7. The van der Waals surface area contributed by atoms with Crippen molar-refractivity contribution in [1.29, 1.82) is 0 Å². The van der Waals surface area contributed by atoms with Gasteiger partial charge < -0.3 is 5.32 Å². The Morgan fingerprint density at radius 2 is 1.76 bits per heavy atom. The average Bonchev–Trinajstić information content (AvgIpc) is 3.24. The molecule has 1 aliphatic heterocycles. The summed E-state index contributed by atoms with van der Waals surface area (Å²) in [7, 11) is 0. The van der Waals surface area contributed by atoms with Crippen molar-refractivity contribution in [2.24, 2.45) is 0 Å². The fourth-order valence-corrected chi connectivity index (χ4v) is 5.51. The number of amides is 1. The van der Waals surface area contributed by atoms with Gasteiger partial charge in [-0.1, -0.05) is 42.5 Å². The first-order valence-corrected chi connectivity index (χ1v) is 13.0. The fraction of sp³-hybridized carbons (Fsp3) is 0.286. The zero-order chi connectivity index (χ0) is 23.3. The number of fused-ring (bicyclic) bond motifs is 1. The maximum absolute atomic E-state index is 12.8. The van der Waals surface area contributed by atoms with Crippen molar-refractivity contribution in [3.05, 3.63) is 89.7 Å². The number of para-hydroxylation sites is 3. The summed E-state index contributed by atoms with van der Waals surface area (Å²) in [6, 6.07) is 24.7. The Morgan fingerprint density at radius 1 is 1.00 bits per heavy atom. The van der Waals surface area contributed by atoms with Crippen LogP contribution in [0.5, 0.6) is 0 Å². The smallest absolute Gasteiger partial charge is 0.224 e. The average molecular weight is 471 g/mol. The molecule has 174 valence electrons. The molecule has 5 nitrogen and oxygen atoms in total. The molecule has 0 bridgehead atoms. The van der Waals surface area contributed by atoms with Crippen molar-refractivity contribution in [2.75, 3.05) is 29.9 Å². The van der Waals surface area contributed by atoms with Gasteiger partial charge in [0, 0.05) is 55.4 Å². The van der Waals surface area contributed by atoms with Crippen LogP contribution in [0.1, 0.15) is 23.4 Å². The van der Waals surface area contributed by atoms with E-state index in [1.165, 1.54) is 17.1 Å². The number of nitrogens with one attached hydrogen (secondary N) is 1. The van der Waals surface area contributed by atoms with Crippen molar-refractivity contribution < 1.29 is 4.79 Å². The molecule has 5 rings (SSSR count). The fourth-order valence-electron chi connectivity index (χ4n) is 4.53. The minimum absolute atomic E-state index is 0.00979. The molecule has 1 fully saturated rings. The van der Waals surface area contributed by atoms with Crippen LogP contribution in [0.15, 0.2) is 72.8 Å². The number of carbonyl (C=O) groups is 1. The standard InChI is InChI=1S/C28H30N4OS/c1-21-19-22(20-31-15-17-34-18-16-31)11-12-24(21)30-28(33)14-13-27-29-25-9-5-6-10-26(25)32(27)23-7-3-2-4-8-23/h2-12,19H,13-18,20H2,1H3,(H,30,33). The van der Waals surface area contributed by atoms with Crippen LogP contribution < -0.4 is 5.32 Å². The molecule has 0 aliphatic carbocycles. The van der Waals surface area contributed by atoms with Gasteiger partial charge in [-0.3, -0.25) is 14.3 Å². The minimum atomic E-state index is 0.00979. The van der Waals surface area contributed by atoms with Gasteiger partial charge in [0.2, 0.25) is 5.91 Å². The van der Waals surface area contributed by atoms with Gasteiger partial charge in [-0.05, 0) is 48.4 Å². The molecule has 0 saturated carbocycles. The maximum Gasteiger partial charge on any atom is 0.224 e. The van der Waals surface area contributed by atoms with Gasteiger partial charge in [0.15, 0.2) is 0 Å². The zero-order valence-electron chi connectivity index (χ0n) is 19.5. The van der Waals surface area contributed by atoms with Crippen LogP contribution in [0.25, 0.3) is 16.7 Å². The van der Waals surface area contributed by atoms with E-state index in [0.717, 1.165) is 53.4 Å². The van der Waals surface area contributed by atoms with E-state index in [4.69, 9.17) is 4.98 Å². The lowest BCUT2D eigenvalue weighted by atomic mass is 10.1. The van der Waals surface area contributed by atoms with Crippen molar-refractivity contribution in [3.8, 4) is 5.69 Å². The third-order valence-electron chi connectivity index (χ3n) is 6.30. The topological polar surface area (TPSA) is 50.2 Å². The van der Waals surface area contributed by atoms with Crippen LogP contribution >= 0.6 is 11.8 Å². The molecule has 1 saturated heterocycles. The Bertz CT molecular complexity index is 1280. The van der Waals surface area contributed by atoms with E-state index in [1.54, 1.807) is 0 Å². The van der Waals surface area contributed by atoms with E-state index in [2.05, 4.69) is 52.0 Å². The minimum Gasteiger partial charge on any atom is -0.326 e. The zero-order valence-corrected chi connectivity index (χ0v) is 20.4. The number of carbonyl (C=O) groups excluding carboxylic acids is 1. The van der Waals surface area contributed by atoms with Gasteiger partial charge in [-0.25, -0.2) is 4.98 Å². The first-order chi connectivity index (χ1) is 16.7. The van der Waals surface area contributed by atoms with Crippen LogP contribution in [0.3, 0.4) is 0 Å². The molecule has 1 N–H and O–H groups in total. The van der Waals surface area contributed by atoms with Gasteiger partial charge in [0.05, 0.1) is 11.0 Å². The third kappa shape index (κ3) is 5.18. The number of imidazole rings is 1. The van der Waals surface area contributed by atoms with E-state index in [-0.39, 0.29) is 5.91 Å². The summed E-state index contributed by atoms with van der Waals surface area (Å²) in [6.45, 7) is 5.34. The quantitative estimate of drug-likeness (QED) is 0.390. The second-order valence-electron chi connectivity index (χ2n) is 8.77. The van der Waals surface area contributed by atoms with Crippen molar-refractivity contribution in [2.45, 2.75) is 26.3 Å². The third-order valence-corrected chi connectivity index (χ3v) is 7.24. The summed E-state index contributed by atoms with van der Waals surface area (Å²) in [5.41, 5.74) is 6.36. The van der Waals surface area contributed by atoms with E-state index in [0.29, 0.717) is 12.8 Å². The largest absolute Gasteiger partial charge is 0.326 e. The van der Waals surface area contributed by atoms with Gasteiger partial charge in [-0.15, -0.1) is 0 Å². The summed E-state index contributed by atoms with van der Waals surface area (Å²) >= 11 is 2.03. The molecule has 1 aliphatic rings. The SMILES string of the molecule is Cc1cc(CN2CCSCC2)ccc1NC(=O)CCc1nc2ccccc2n1-c1ccccc1. The molecule has 0 atom stereocenters. The molecule has 0 unspecified atom stereocenters. The molecule has 1 aromatic heterocycles. The predicted octanol–water partition coefficient (Wildman–Crippen LogP) is 5.45. The molecule has 0 spiro atoms. The van der Waals surface area contributed by atoms with E-state index >= 15 is 0 Å². The van der Waals surface area contributed by atoms with Gasteiger partial charge in [0.25, 0.3) is 0 Å². The van der Waals surface area contributed by atoms with Crippen LogP contribution in [-0.4, -0.2) is 45.0 Å². The molecule has 0 radical (unpaired) electrons. The molecule has 1 amide bonds. The number of hydrogen-bond donors (Lipinski definition) is 1. The van der Waals surface area contributed by atoms with Crippen molar-refractivity contribution in [1.82, 2.24) is 14.5 Å². The van der Waals surface area contributed by atoms with Gasteiger partial charge in [-0.2, -0.15) is 11.8 Å². The number of thioether (sulfide) groups is 1. The highest BCUT2D eigenvalue weighted by atomic mass is 32.2. The number of aromatic nitrogens is 2. The van der Waals surface area contributed by atoms with Crippen LogP contribution in [0, 0.1) is 6.92 Å². The number of aryl methyl sites for hydroxylation is 2. The second kappa shape index (κ2) is 10.5. The summed E-state index contributed by atoms with van der Waals surface area (Å²) < 4.78 is 2.15. The summed E-state index contributed by atoms with van der Waals surface area (Å²) in [5, 5.41) is 3.11. The highest BCUT2D eigenvalue weighted by Crippen LogP contribution is 2.23. The molecule has 6 heteroatoms. The maximum atomic E-state index is 12.8. The van der Waals surface area contributed by atoms with Gasteiger partial charge >= 0.3 is 0 Å². The predicted molar refractivity (Wildman–Crippen MR) is 142 cm³/mol. The molecule has 2 heterocycles. The monoisotopic (exact) mass is 470 g/mol.